The van der Waals surface area contributed by atoms with E-state index in [1.54, 1.807) is 17.0 Å². The highest BCUT2D eigenvalue weighted by molar-refractivity contribution is 7.89. The predicted octanol–water partition coefficient (Wildman–Crippen LogP) is 2.05. The van der Waals surface area contributed by atoms with E-state index < -0.39 is 10.0 Å². The fraction of sp³-hybridized carbons (Fsp3) is 0.381. The van der Waals surface area contributed by atoms with Crippen LogP contribution < -0.4 is 9.47 Å². The van der Waals surface area contributed by atoms with Crippen molar-refractivity contribution in [1.29, 1.82) is 0 Å². The number of fused-ring (bicyclic) bond motifs is 1. The van der Waals surface area contributed by atoms with Crippen LogP contribution in [0.5, 0.6) is 11.5 Å². The van der Waals surface area contributed by atoms with Crippen LogP contribution in [0.1, 0.15) is 15.9 Å². The number of rotatable bonds is 5. The first-order valence-electron chi connectivity index (χ1n) is 9.77. The highest BCUT2D eigenvalue weighted by Gasteiger charge is 2.25. The summed E-state index contributed by atoms with van der Waals surface area (Å²) in [4.78, 5) is 17.1. The van der Waals surface area contributed by atoms with Crippen molar-refractivity contribution in [2.75, 3.05) is 47.1 Å². The van der Waals surface area contributed by atoms with Gasteiger partial charge in [0.15, 0.2) is 11.5 Å². The molecule has 0 radical (unpaired) electrons. The lowest BCUT2D eigenvalue weighted by Crippen LogP contribution is -2.48. The Labute approximate surface area is 188 Å². The van der Waals surface area contributed by atoms with Crippen molar-refractivity contribution in [1.82, 2.24) is 14.1 Å². The molecule has 4 rings (SSSR count). The molecule has 2 aliphatic heterocycles. The molecule has 0 N–H and O–H groups in total. The zero-order valence-corrected chi connectivity index (χ0v) is 19.1. The standard InChI is InChI=1S/C21H25N3O5S.ClH/c1-22(2)30(26,27)18-5-3-4-17(13-18)21(25)24-10-8-23(9-11-24)14-16-6-7-19-20(12-16)29-15-28-19;/h3-7,12-13H,8-11,14-15H2,1-2H3;1H. The lowest BCUT2D eigenvalue weighted by atomic mass is 10.1. The molecule has 1 amide bonds. The maximum Gasteiger partial charge on any atom is 0.253 e. The van der Waals surface area contributed by atoms with Crippen LogP contribution in [0.4, 0.5) is 0 Å². The van der Waals surface area contributed by atoms with Gasteiger partial charge in [-0.15, -0.1) is 12.4 Å². The average molecular weight is 468 g/mol. The van der Waals surface area contributed by atoms with Crippen molar-refractivity contribution in [2.24, 2.45) is 0 Å². The van der Waals surface area contributed by atoms with E-state index in [0.29, 0.717) is 18.7 Å². The van der Waals surface area contributed by atoms with Gasteiger partial charge in [-0.2, -0.15) is 0 Å². The van der Waals surface area contributed by atoms with Crippen molar-refractivity contribution in [3.05, 3.63) is 53.6 Å². The molecule has 2 heterocycles. The molecule has 1 saturated heterocycles. The second-order valence-electron chi connectivity index (χ2n) is 7.57. The largest absolute Gasteiger partial charge is 0.454 e. The summed E-state index contributed by atoms with van der Waals surface area (Å²) in [6.07, 6.45) is 0. The van der Waals surface area contributed by atoms with Crippen molar-refractivity contribution in [2.45, 2.75) is 11.4 Å². The molecule has 168 valence electrons. The van der Waals surface area contributed by atoms with Gasteiger partial charge in [0.1, 0.15) is 0 Å². The summed E-state index contributed by atoms with van der Waals surface area (Å²) < 4.78 is 36.6. The van der Waals surface area contributed by atoms with E-state index in [1.807, 2.05) is 18.2 Å². The van der Waals surface area contributed by atoms with Crippen LogP contribution in [0.25, 0.3) is 0 Å². The number of carbonyl (C=O) groups excluding carboxylic acids is 1. The molecule has 2 aromatic carbocycles. The fourth-order valence-electron chi connectivity index (χ4n) is 3.59. The van der Waals surface area contributed by atoms with Gasteiger partial charge in [0.05, 0.1) is 4.90 Å². The minimum absolute atomic E-state index is 0. The van der Waals surface area contributed by atoms with E-state index in [1.165, 1.54) is 26.2 Å². The minimum Gasteiger partial charge on any atom is -0.454 e. The molecule has 0 unspecified atom stereocenters. The van der Waals surface area contributed by atoms with Gasteiger partial charge in [0.2, 0.25) is 16.8 Å². The smallest absolute Gasteiger partial charge is 0.253 e. The number of nitrogens with zero attached hydrogens (tertiary/aromatic N) is 3. The Balaban J connectivity index is 0.00000272. The number of hydrogen-bond donors (Lipinski definition) is 0. The summed E-state index contributed by atoms with van der Waals surface area (Å²) in [6, 6.07) is 12.2. The number of ether oxygens (including phenoxy) is 2. The number of amides is 1. The van der Waals surface area contributed by atoms with Crippen LogP contribution in [0, 0.1) is 0 Å². The van der Waals surface area contributed by atoms with Crippen molar-refractivity contribution < 1.29 is 22.7 Å². The molecule has 0 spiro atoms. The number of sulfonamides is 1. The second-order valence-corrected chi connectivity index (χ2v) is 9.72. The molecule has 0 saturated carbocycles. The Morgan fingerprint density at radius 3 is 2.42 bits per heavy atom. The van der Waals surface area contributed by atoms with Crippen molar-refractivity contribution >= 4 is 28.3 Å². The minimum atomic E-state index is -3.58. The lowest BCUT2D eigenvalue weighted by molar-refractivity contribution is 0.0628. The number of halogens is 1. The van der Waals surface area contributed by atoms with Crippen LogP contribution in [-0.4, -0.2) is 75.5 Å². The molecular weight excluding hydrogens is 442 g/mol. The van der Waals surface area contributed by atoms with Crippen LogP contribution >= 0.6 is 12.4 Å². The Morgan fingerprint density at radius 2 is 1.71 bits per heavy atom. The number of carbonyl (C=O) groups is 1. The average Bonchev–Trinajstić information content (AvgIpc) is 3.21. The summed E-state index contributed by atoms with van der Waals surface area (Å²) in [5.74, 6) is 1.40. The SMILES string of the molecule is CN(C)S(=O)(=O)c1cccc(C(=O)N2CCN(Cc3ccc4c(c3)OCO4)CC2)c1.Cl. The summed E-state index contributed by atoms with van der Waals surface area (Å²) in [6.45, 7) is 3.71. The fourth-order valence-corrected chi connectivity index (χ4v) is 4.54. The Hall–Kier alpha value is -2.33. The van der Waals surface area contributed by atoms with E-state index in [9.17, 15) is 13.2 Å². The molecule has 0 aliphatic carbocycles. The van der Waals surface area contributed by atoms with Gasteiger partial charge >= 0.3 is 0 Å². The zero-order chi connectivity index (χ0) is 21.3. The highest BCUT2D eigenvalue weighted by atomic mass is 35.5. The first kappa shape index (κ1) is 23.3. The first-order chi connectivity index (χ1) is 14.3. The van der Waals surface area contributed by atoms with Gasteiger partial charge in [-0.25, -0.2) is 12.7 Å². The van der Waals surface area contributed by atoms with E-state index in [4.69, 9.17) is 9.47 Å². The molecule has 31 heavy (non-hydrogen) atoms. The van der Waals surface area contributed by atoms with Crippen LogP contribution in [-0.2, 0) is 16.6 Å². The third kappa shape index (κ3) is 4.95. The molecule has 1 fully saturated rings. The Morgan fingerprint density at radius 1 is 1.00 bits per heavy atom. The van der Waals surface area contributed by atoms with E-state index in [-0.39, 0.29) is 30.0 Å². The normalized spacial score (nSPS) is 16.3. The van der Waals surface area contributed by atoms with Gasteiger partial charge < -0.3 is 14.4 Å². The molecule has 0 atom stereocenters. The lowest BCUT2D eigenvalue weighted by Gasteiger charge is -2.35. The zero-order valence-electron chi connectivity index (χ0n) is 17.5. The second kappa shape index (κ2) is 9.44. The quantitative estimate of drug-likeness (QED) is 0.669. The van der Waals surface area contributed by atoms with E-state index >= 15 is 0 Å². The maximum atomic E-state index is 12.9. The van der Waals surface area contributed by atoms with Gasteiger partial charge in [0, 0.05) is 52.4 Å². The third-order valence-electron chi connectivity index (χ3n) is 5.36. The third-order valence-corrected chi connectivity index (χ3v) is 7.17. The number of piperazine rings is 1. The van der Waals surface area contributed by atoms with Gasteiger partial charge in [0.25, 0.3) is 5.91 Å². The highest BCUT2D eigenvalue weighted by Crippen LogP contribution is 2.32. The summed E-state index contributed by atoms with van der Waals surface area (Å²) >= 11 is 0. The Bertz CT molecular complexity index is 1050. The first-order valence-corrected chi connectivity index (χ1v) is 11.2. The van der Waals surface area contributed by atoms with Crippen LogP contribution in [0.15, 0.2) is 47.4 Å². The number of hydrogen-bond acceptors (Lipinski definition) is 6. The van der Waals surface area contributed by atoms with Crippen LogP contribution in [0.3, 0.4) is 0 Å². The molecule has 2 aromatic rings. The van der Waals surface area contributed by atoms with E-state index in [2.05, 4.69) is 4.90 Å². The predicted molar refractivity (Wildman–Crippen MR) is 118 cm³/mol. The van der Waals surface area contributed by atoms with Crippen molar-refractivity contribution in [3.8, 4) is 11.5 Å². The monoisotopic (exact) mass is 467 g/mol. The maximum absolute atomic E-state index is 12.9. The van der Waals surface area contributed by atoms with Gasteiger partial charge in [-0.05, 0) is 35.9 Å². The molecule has 0 bridgehead atoms. The topological polar surface area (TPSA) is 79.4 Å². The molecule has 2 aliphatic rings. The van der Waals surface area contributed by atoms with Crippen LogP contribution in [0.2, 0.25) is 0 Å². The molecule has 8 nitrogen and oxygen atoms in total. The summed E-state index contributed by atoms with van der Waals surface area (Å²) in [5, 5.41) is 0. The molecular formula is C21H26ClN3O5S. The summed E-state index contributed by atoms with van der Waals surface area (Å²) in [7, 11) is -0.625. The van der Waals surface area contributed by atoms with Crippen molar-refractivity contribution in [3.63, 3.8) is 0 Å². The summed E-state index contributed by atoms with van der Waals surface area (Å²) in [5.41, 5.74) is 1.53. The van der Waals surface area contributed by atoms with Gasteiger partial charge in [-0.1, -0.05) is 12.1 Å². The van der Waals surface area contributed by atoms with E-state index in [0.717, 1.165) is 41.0 Å². The number of benzene rings is 2. The Kier molecular flexibility index (Phi) is 7.10. The molecule has 0 aromatic heterocycles. The molecule has 10 heteroatoms. The van der Waals surface area contributed by atoms with Gasteiger partial charge in [-0.3, -0.25) is 9.69 Å².